The van der Waals surface area contributed by atoms with E-state index in [9.17, 15) is 17.2 Å². The van der Waals surface area contributed by atoms with E-state index in [-0.39, 0.29) is 0 Å². The molecule has 1 N–H and O–H groups in total. The van der Waals surface area contributed by atoms with E-state index in [0.29, 0.717) is 18.9 Å². The van der Waals surface area contributed by atoms with Crippen LogP contribution >= 0.6 is 0 Å². The van der Waals surface area contributed by atoms with Crippen molar-refractivity contribution in [2.45, 2.75) is 17.6 Å². The molecule has 0 bridgehead atoms. The van der Waals surface area contributed by atoms with Gasteiger partial charge in [0.15, 0.2) is 0 Å². The Bertz CT molecular complexity index is 460. The molecule has 0 amide bonds. The summed E-state index contributed by atoms with van der Waals surface area (Å²) in [6.45, 7) is 3.88. The van der Waals surface area contributed by atoms with E-state index in [2.05, 4.69) is 5.32 Å². The Labute approximate surface area is 105 Å². The highest BCUT2D eigenvalue weighted by molar-refractivity contribution is 7.91. The number of ether oxygens (including phenoxy) is 1. The van der Waals surface area contributed by atoms with Crippen molar-refractivity contribution in [3.8, 4) is 5.75 Å². The molecule has 0 saturated carbocycles. The molecule has 0 aliphatic carbocycles. The Hall–Kier alpha value is -1.21. The van der Waals surface area contributed by atoms with Gasteiger partial charge in [-0.2, -0.15) is 8.78 Å². The zero-order valence-corrected chi connectivity index (χ0v) is 10.7. The van der Waals surface area contributed by atoms with Crippen molar-refractivity contribution in [3.05, 3.63) is 24.3 Å². The standard InChI is InChI=1S/C11H15F2NO3S/c1-2-14-7-8-17-9-3-5-10(6-4-9)18(15,16)11(12)13/h3-6,11,14H,2,7-8H2,1H3. The molecule has 0 fully saturated rings. The SMILES string of the molecule is CCNCCOc1ccc(S(=O)(=O)C(F)F)cc1. The Balaban J connectivity index is 2.63. The zero-order chi connectivity index (χ0) is 13.6. The second-order valence-corrected chi connectivity index (χ2v) is 5.40. The van der Waals surface area contributed by atoms with E-state index in [0.717, 1.165) is 18.7 Å². The lowest BCUT2D eigenvalue weighted by Crippen LogP contribution is -2.20. The van der Waals surface area contributed by atoms with Gasteiger partial charge in [-0.15, -0.1) is 0 Å². The predicted molar refractivity (Wildman–Crippen MR) is 63.7 cm³/mol. The molecular formula is C11H15F2NO3S. The molecule has 4 nitrogen and oxygen atoms in total. The molecule has 0 aliphatic rings. The van der Waals surface area contributed by atoms with Crippen LogP contribution < -0.4 is 10.1 Å². The Morgan fingerprint density at radius 1 is 1.28 bits per heavy atom. The minimum Gasteiger partial charge on any atom is -0.492 e. The predicted octanol–water partition coefficient (Wildman–Crippen LogP) is 1.67. The maximum atomic E-state index is 12.3. The highest BCUT2D eigenvalue weighted by Crippen LogP contribution is 2.21. The third kappa shape index (κ3) is 3.92. The first-order chi connectivity index (χ1) is 8.48. The average molecular weight is 279 g/mol. The number of rotatable bonds is 7. The number of likely N-dealkylation sites (N-methyl/N-ethyl adjacent to an activating group) is 1. The van der Waals surface area contributed by atoms with Gasteiger partial charge in [-0.05, 0) is 30.8 Å². The highest BCUT2D eigenvalue weighted by atomic mass is 32.2. The lowest BCUT2D eigenvalue weighted by Gasteiger charge is -2.07. The van der Waals surface area contributed by atoms with Crippen molar-refractivity contribution >= 4 is 9.84 Å². The van der Waals surface area contributed by atoms with Crippen LogP contribution in [0.2, 0.25) is 0 Å². The number of nitrogens with one attached hydrogen (secondary N) is 1. The first-order valence-corrected chi connectivity index (χ1v) is 6.98. The van der Waals surface area contributed by atoms with Gasteiger partial charge in [0, 0.05) is 6.54 Å². The fourth-order valence-electron chi connectivity index (χ4n) is 1.25. The van der Waals surface area contributed by atoms with Gasteiger partial charge in [0.05, 0.1) is 4.90 Å². The lowest BCUT2D eigenvalue weighted by atomic mass is 10.3. The van der Waals surface area contributed by atoms with E-state index >= 15 is 0 Å². The molecule has 0 aliphatic heterocycles. The van der Waals surface area contributed by atoms with Gasteiger partial charge >= 0.3 is 5.76 Å². The van der Waals surface area contributed by atoms with E-state index in [1.165, 1.54) is 12.1 Å². The number of sulfone groups is 1. The van der Waals surface area contributed by atoms with Crippen LogP contribution in [-0.2, 0) is 9.84 Å². The molecule has 0 spiro atoms. The summed E-state index contributed by atoms with van der Waals surface area (Å²) < 4.78 is 52.1. The van der Waals surface area contributed by atoms with Gasteiger partial charge in [0.25, 0.3) is 0 Å². The van der Waals surface area contributed by atoms with Crippen molar-refractivity contribution in [1.82, 2.24) is 5.32 Å². The second-order valence-electron chi connectivity index (χ2n) is 3.48. The van der Waals surface area contributed by atoms with Crippen molar-refractivity contribution in [2.24, 2.45) is 0 Å². The van der Waals surface area contributed by atoms with Crippen LogP contribution in [0.25, 0.3) is 0 Å². The molecule has 18 heavy (non-hydrogen) atoms. The molecule has 1 aromatic carbocycles. The number of alkyl halides is 2. The summed E-state index contributed by atoms with van der Waals surface area (Å²) in [5, 5.41) is 3.05. The highest BCUT2D eigenvalue weighted by Gasteiger charge is 2.26. The largest absolute Gasteiger partial charge is 0.492 e. The van der Waals surface area contributed by atoms with Crippen molar-refractivity contribution in [3.63, 3.8) is 0 Å². The van der Waals surface area contributed by atoms with Gasteiger partial charge in [-0.1, -0.05) is 6.92 Å². The Morgan fingerprint density at radius 2 is 1.89 bits per heavy atom. The van der Waals surface area contributed by atoms with Crippen LogP contribution in [-0.4, -0.2) is 33.9 Å². The molecule has 0 heterocycles. The minimum absolute atomic E-state index is 0.406. The number of benzene rings is 1. The maximum Gasteiger partial charge on any atom is 0.341 e. The summed E-state index contributed by atoms with van der Waals surface area (Å²) in [7, 11) is -4.52. The van der Waals surface area contributed by atoms with E-state index in [4.69, 9.17) is 4.74 Å². The third-order valence-electron chi connectivity index (χ3n) is 2.18. The number of hydrogen-bond acceptors (Lipinski definition) is 4. The van der Waals surface area contributed by atoms with Crippen molar-refractivity contribution in [2.75, 3.05) is 19.7 Å². The summed E-state index contributed by atoms with van der Waals surface area (Å²) >= 11 is 0. The molecule has 0 aromatic heterocycles. The van der Waals surface area contributed by atoms with Crippen LogP contribution in [0.5, 0.6) is 5.75 Å². The fourth-order valence-corrected chi connectivity index (χ4v) is 1.97. The van der Waals surface area contributed by atoms with Crippen LogP contribution in [0.4, 0.5) is 8.78 Å². The van der Waals surface area contributed by atoms with E-state index in [1.54, 1.807) is 0 Å². The summed E-state index contributed by atoms with van der Waals surface area (Å²) in [4.78, 5) is -0.406. The monoisotopic (exact) mass is 279 g/mol. The number of halogens is 2. The number of hydrogen-bond donors (Lipinski definition) is 1. The van der Waals surface area contributed by atoms with Gasteiger partial charge in [-0.25, -0.2) is 8.42 Å². The Kier molecular flexibility index (Phi) is 5.49. The quantitative estimate of drug-likeness (QED) is 0.771. The van der Waals surface area contributed by atoms with Gasteiger partial charge < -0.3 is 10.1 Å². The van der Waals surface area contributed by atoms with Gasteiger partial charge in [-0.3, -0.25) is 0 Å². The molecule has 0 unspecified atom stereocenters. The average Bonchev–Trinajstić information content (AvgIpc) is 2.35. The molecule has 0 saturated heterocycles. The maximum absolute atomic E-state index is 12.3. The van der Waals surface area contributed by atoms with Crippen LogP contribution in [0.3, 0.4) is 0 Å². The fraction of sp³-hybridized carbons (Fsp3) is 0.455. The second kappa shape index (κ2) is 6.65. The van der Waals surface area contributed by atoms with Crippen LogP contribution in [0.1, 0.15) is 6.92 Å². The summed E-state index contributed by atoms with van der Waals surface area (Å²) in [6, 6.07) is 4.95. The van der Waals surface area contributed by atoms with E-state index in [1.807, 2.05) is 6.92 Å². The van der Waals surface area contributed by atoms with Crippen molar-refractivity contribution < 1.29 is 21.9 Å². The third-order valence-corrected chi connectivity index (χ3v) is 3.58. The van der Waals surface area contributed by atoms with Crippen molar-refractivity contribution in [1.29, 1.82) is 0 Å². The first-order valence-electron chi connectivity index (χ1n) is 5.44. The topological polar surface area (TPSA) is 55.4 Å². The van der Waals surface area contributed by atoms with Gasteiger partial charge in [0.1, 0.15) is 12.4 Å². The molecular weight excluding hydrogens is 264 g/mol. The van der Waals surface area contributed by atoms with E-state index < -0.39 is 20.5 Å². The molecule has 7 heteroatoms. The van der Waals surface area contributed by atoms with Crippen LogP contribution in [0.15, 0.2) is 29.2 Å². The lowest BCUT2D eigenvalue weighted by molar-refractivity contribution is 0.234. The molecule has 102 valence electrons. The summed E-state index contributed by atoms with van der Waals surface area (Å²) in [6.07, 6.45) is 0. The molecule has 0 atom stereocenters. The zero-order valence-electron chi connectivity index (χ0n) is 9.90. The van der Waals surface area contributed by atoms with Gasteiger partial charge in [0.2, 0.25) is 9.84 Å². The first kappa shape index (κ1) is 14.8. The molecule has 0 radical (unpaired) electrons. The molecule has 1 aromatic rings. The Morgan fingerprint density at radius 3 is 2.39 bits per heavy atom. The summed E-state index contributed by atoms with van der Waals surface area (Å²) in [5.41, 5.74) is 0. The minimum atomic E-state index is -4.52. The van der Waals surface area contributed by atoms with Crippen LogP contribution in [0, 0.1) is 0 Å². The molecule has 1 rings (SSSR count). The smallest absolute Gasteiger partial charge is 0.341 e. The normalized spacial score (nSPS) is 11.8. The summed E-state index contributed by atoms with van der Waals surface area (Å²) in [5.74, 6) is -2.96.